The summed E-state index contributed by atoms with van der Waals surface area (Å²) in [5, 5.41) is 7.77. The van der Waals surface area contributed by atoms with Crippen molar-refractivity contribution in [3.63, 3.8) is 0 Å². The van der Waals surface area contributed by atoms with Crippen molar-refractivity contribution in [1.82, 2.24) is 20.2 Å². The van der Waals surface area contributed by atoms with Crippen LogP contribution in [0.3, 0.4) is 0 Å². The molecule has 0 saturated carbocycles. The first-order valence-corrected chi connectivity index (χ1v) is 7.31. The Hall–Kier alpha value is -2.76. The number of aromatic amines is 1. The van der Waals surface area contributed by atoms with Crippen LogP contribution in [0.2, 0.25) is 0 Å². The van der Waals surface area contributed by atoms with Crippen LogP contribution in [0.25, 0.3) is 10.9 Å². The number of carbonyl (C=O) groups excluding carboxylic acids is 1. The van der Waals surface area contributed by atoms with E-state index >= 15 is 0 Å². The molecule has 3 aromatic rings. The van der Waals surface area contributed by atoms with Gasteiger partial charge < -0.3 is 0 Å². The average molecular weight is 295 g/mol. The lowest BCUT2D eigenvalue weighted by Crippen LogP contribution is -2.26. The SMILES string of the molecule is CCCCC(=O)N(c1cccnc1)c1cc2cn[nH]c2cn1. The zero-order valence-electron chi connectivity index (χ0n) is 12.4. The number of pyridine rings is 2. The molecule has 3 heterocycles. The molecule has 112 valence electrons. The summed E-state index contributed by atoms with van der Waals surface area (Å²) in [5.74, 6) is 0.605. The number of hydrogen-bond donors (Lipinski definition) is 1. The molecule has 0 aromatic carbocycles. The molecule has 0 fully saturated rings. The summed E-state index contributed by atoms with van der Waals surface area (Å²) >= 11 is 0. The van der Waals surface area contributed by atoms with Crippen molar-refractivity contribution in [3.8, 4) is 0 Å². The Kier molecular flexibility index (Phi) is 4.09. The molecule has 0 spiro atoms. The first-order valence-electron chi connectivity index (χ1n) is 7.31. The van der Waals surface area contributed by atoms with Gasteiger partial charge in [0.2, 0.25) is 5.91 Å². The van der Waals surface area contributed by atoms with Gasteiger partial charge in [0, 0.05) is 18.0 Å². The number of fused-ring (bicyclic) bond motifs is 1. The molecular formula is C16H17N5O. The third-order valence-corrected chi connectivity index (χ3v) is 3.44. The Morgan fingerprint density at radius 3 is 3.00 bits per heavy atom. The van der Waals surface area contributed by atoms with Crippen LogP contribution in [-0.2, 0) is 4.79 Å². The second-order valence-electron chi connectivity index (χ2n) is 5.04. The Morgan fingerprint density at radius 2 is 2.23 bits per heavy atom. The normalized spacial score (nSPS) is 10.8. The number of carbonyl (C=O) groups is 1. The maximum Gasteiger partial charge on any atom is 0.232 e. The third kappa shape index (κ3) is 2.81. The third-order valence-electron chi connectivity index (χ3n) is 3.44. The van der Waals surface area contributed by atoms with Crippen LogP contribution in [0, 0.1) is 0 Å². The van der Waals surface area contributed by atoms with Gasteiger partial charge in [-0.1, -0.05) is 13.3 Å². The fourth-order valence-corrected chi connectivity index (χ4v) is 2.28. The van der Waals surface area contributed by atoms with E-state index in [1.165, 1.54) is 0 Å². The van der Waals surface area contributed by atoms with Gasteiger partial charge in [0.15, 0.2) is 0 Å². The van der Waals surface area contributed by atoms with Crippen molar-refractivity contribution in [3.05, 3.63) is 43.0 Å². The van der Waals surface area contributed by atoms with E-state index in [-0.39, 0.29) is 5.91 Å². The van der Waals surface area contributed by atoms with Gasteiger partial charge in [-0.3, -0.25) is 19.8 Å². The summed E-state index contributed by atoms with van der Waals surface area (Å²) in [6.45, 7) is 2.07. The number of unbranched alkanes of at least 4 members (excludes halogenated alkanes) is 1. The van der Waals surface area contributed by atoms with E-state index in [4.69, 9.17) is 0 Å². The molecule has 3 rings (SSSR count). The monoisotopic (exact) mass is 295 g/mol. The average Bonchev–Trinajstić information content (AvgIpc) is 3.02. The Bertz CT molecular complexity index is 768. The van der Waals surface area contributed by atoms with Crippen molar-refractivity contribution in [2.24, 2.45) is 0 Å². The molecule has 0 atom stereocenters. The van der Waals surface area contributed by atoms with Crippen molar-refractivity contribution in [2.75, 3.05) is 4.90 Å². The summed E-state index contributed by atoms with van der Waals surface area (Å²) in [4.78, 5) is 22.7. The summed E-state index contributed by atoms with van der Waals surface area (Å²) in [6, 6.07) is 5.53. The molecule has 1 amide bonds. The number of hydrogen-bond acceptors (Lipinski definition) is 4. The maximum absolute atomic E-state index is 12.6. The first kappa shape index (κ1) is 14.2. The van der Waals surface area contributed by atoms with E-state index in [2.05, 4.69) is 27.1 Å². The van der Waals surface area contributed by atoms with Crippen molar-refractivity contribution >= 4 is 28.3 Å². The molecule has 6 nitrogen and oxygen atoms in total. The van der Waals surface area contributed by atoms with E-state index in [1.807, 2.05) is 18.2 Å². The second-order valence-corrected chi connectivity index (χ2v) is 5.04. The predicted molar refractivity (Wildman–Crippen MR) is 84.8 cm³/mol. The van der Waals surface area contributed by atoms with Gasteiger partial charge >= 0.3 is 0 Å². The molecule has 6 heteroatoms. The standard InChI is InChI=1S/C16H17N5O/c1-2-3-6-16(22)21(13-5-4-7-17-10-13)15-8-12-9-19-20-14(12)11-18-15/h4-5,7-11H,2-3,6H2,1H3,(H,19,20). The fourth-order valence-electron chi connectivity index (χ4n) is 2.28. The van der Waals surface area contributed by atoms with Crippen LogP contribution in [0.1, 0.15) is 26.2 Å². The van der Waals surface area contributed by atoms with Crippen LogP contribution < -0.4 is 4.90 Å². The van der Waals surface area contributed by atoms with Gasteiger partial charge in [-0.25, -0.2) is 4.98 Å². The quantitative estimate of drug-likeness (QED) is 0.784. The van der Waals surface area contributed by atoms with E-state index in [9.17, 15) is 4.79 Å². The summed E-state index contributed by atoms with van der Waals surface area (Å²) in [7, 11) is 0. The number of aromatic nitrogens is 4. The number of nitrogens with zero attached hydrogens (tertiary/aromatic N) is 4. The minimum absolute atomic E-state index is 0.0187. The summed E-state index contributed by atoms with van der Waals surface area (Å²) < 4.78 is 0. The van der Waals surface area contributed by atoms with Crippen LogP contribution in [0.5, 0.6) is 0 Å². The number of H-pyrrole nitrogens is 1. The van der Waals surface area contributed by atoms with Crippen LogP contribution in [0.4, 0.5) is 11.5 Å². The maximum atomic E-state index is 12.6. The van der Waals surface area contributed by atoms with Gasteiger partial charge in [-0.15, -0.1) is 0 Å². The topological polar surface area (TPSA) is 74.8 Å². The van der Waals surface area contributed by atoms with Gasteiger partial charge in [0.1, 0.15) is 5.82 Å². The highest BCUT2D eigenvalue weighted by atomic mass is 16.2. The van der Waals surface area contributed by atoms with E-state index in [0.29, 0.717) is 12.2 Å². The lowest BCUT2D eigenvalue weighted by molar-refractivity contribution is -0.118. The molecule has 0 bridgehead atoms. The number of anilines is 2. The van der Waals surface area contributed by atoms with Crippen LogP contribution >= 0.6 is 0 Å². The van der Waals surface area contributed by atoms with Gasteiger partial charge in [0.05, 0.1) is 29.8 Å². The molecule has 0 unspecified atom stereocenters. The van der Waals surface area contributed by atoms with Gasteiger partial charge in [0.25, 0.3) is 0 Å². The molecule has 0 aliphatic heterocycles. The Morgan fingerprint density at radius 1 is 1.32 bits per heavy atom. The van der Waals surface area contributed by atoms with E-state index < -0.39 is 0 Å². The minimum atomic E-state index is 0.0187. The Balaban J connectivity index is 2.01. The lowest BCUT2D eigenvalue weighted by Gasteiger charge is -2.21. The molecule has 22 heavy (non-hydrogen) atoms. The van der Waals surface area contributed by atoms with Crippen molar-refractivity contribution in [2.45, 2.75) is 26.2 Å². The highest BCUT2D eigenvalue weighted by Crippen LogP contribution is 2.26. The smallest absolute Gasteiger partial charge is 0.232 e. The molecule has 1 N–H and O–H groups in total. The number of nitrogens with one attached hydrogen (secondary N) is 1. The minimum Gasteiger partial charge on any atom is -0.276 e. The fraction of sp³-hybridized carbons (Fsp3) is 0.250. The van der Waals surface area contributed by atoms with Crippen LogP contribution in [0.15, 0.2) is 43.0 Å². The lowest BCUT2D eigenvalue weighted by atomic mass is 10.2. The van der Waals surface area contributed by atoms with E-state index in [1.54, 1.807) is 29.7 Å². The molecule has 0 radical (unpaired) electrons. The van der Waals surface area contributed by atoms with Crippen molar-refractivity contribution < 1.29 is 4.79 Å². The summed E-state index contributed by atoms with van der Waals surface area (Å²) in [5.41, 5.74) is 1.56. The highest BCUT2D eigenvalue weighted by Gasteiger charge is 2.19. The highest BCUT2D eigenvalue weighted by molar-refractivity contribution is 6.00. The largest absolute Gasteiger partial charge is 0.276 e. The molecule has 3 aromatic heterocycles. The second kappa shape index (κ2) is 6.34. The first-order chi connectivity index (χ1) is 10.8. The molecule has 0 saturated heterocycles. The van der Waals surface area contributed by atoms with Gasteiger partial charge in [-0.05, 0) is 24.6 Å². The van der Waals surface area contributed by atoms with E-state index in [0.717, 1.165) is 29.4 Å². The zero-order chi connectivity index (χ0) is 15.4. The molecular weight excluding hydrogens is 278 g/mol. The van der Waals surface area contributed by atoms with Gasteiger partial charge in [-0.2, -0.15) is 5.10 Å². The van der Waals surface area contributed by atoms with Crippen molar-refractivity contribution in [1.29, 1.82) is 0 Å². The predicted octanol–water partition coefficient (Wildman–Crippen LogP) is 3.21. The Labute approximate surface area is 128 Å². The number of rotatable bonds is 5. The molecule has 0 aliphatic rings. The number of amides is 1. The van der Waals surface area contributed by atoms with Crippen LogP contribution in [-0.4, -0.2) is 26.1 Å². The molecule has 0 aliphatic carbocycles. The zero-order valence-corrected chi connectivity index (χ0v) is 12.4. The summed E-state index contributed by atoms with van der Waals surface area (Å²) in [6.07, 6.45) is 9.07.